The first-order valence-corrected chi connectivity index (χ1v) is 7.92. The molecular weight excluding hydrogens is 330 g/mol. The van der Waals surface area contributed by atoms with Crippen molar-refractivity contribution in [3.8, 4) is 0 Å². The number of aliphatic hydroxyl groups is 2. The van der Waals surface area contributed by atoms with Crippen LogP contribution in [0, 0.1) is 6.92 Å². The number of amides is 1. The van der Waals surface area contributed by atoms with Gasteiger partial charge in [-0.2, -0.15) is 0 Å². The number of hydrogen-bond donors (Lipinski definition) is 3. The van der Waals surface area contributed by atoms with E-state index < -0.39 is 18.3 Å². The van der Waals surface area contributed by atoms with Gasteiger partial charge >= 0.3 is 6.09 Å². The fourth-order valence-electron chi connectivity index (χ4n) is 2.21. The van der Waals surface area contributed by atoms with Crippen LogP contribution in [0.15, 0.2) is 48.5 Å². The molecule has 2 atom stereocenters. The van der Waals surface area contributed by atoms with Crippen LogP contribution in [0.25, 0.3) is 0 Å². The lowest BCUT2D eigenvalue weighted by Crippen LogP contribution is -2.36. The first-order chi connectivity index (χ1) is 11.5. The number of benzene rings is 2. The molecule has 0 radical (unpaired) electrons. The lowest BCUT2D eigenvalue weighted by atomic mass is 9.99. The van der Waals surface area contributed by atoms with Gasteiger partial charge in [0.15, 0.2) is 0 Å². The van der Waals surface area contributed by atoms with E-state index in [-0.39, 0.29) is 13.2 Å². The Labute approximate surface area is 145 Å². The summed E-state index contributed by atoms with van der Waals surface area (Å²) >= 11 is 5.91. The largest absolute Gasteiger partial charge is 0.445 e. The lowest BCUT2D eigenvalue weighted by molar-refractivity contribution is 0.0180. The number of halogens is 1. The van der Waals surface area contributed by atoms with E-state index in [2.05, 4.69) is 5.32 Å². The van der Waals surface area contributed by atoms with E-state index in [0.717, 1.165) is 11.1 Å². The Morgan fingerprint density at radius 1 is 1.21 bits per heavy atom. The molecule has 5 nitrogen and oxygen atoms in total. The van der Waals surface area contributed by atoms with E-state index in [0.29, 0.717) is 10.6 Å². The molecule has 1 amide bonds. The maximum absolute atomic E-state index is 11.7. The van der Waals surface area contributed by atoms with Gasteiger partial charge in [-0.05, 0) is 35.7 Å². The second-order valence-corrected chi connectivity index (χ2v) is 5.89. The van der Waals surface area contributed by atoms with Gasteiger partial charge in [-0.15, -0.1) is 0 Å². The molecule has 0 saturated carbocycles. The molecule has 0 aromatic heterocycles. The third kappa shape index (κ3) is 5.23. The highest BCUT2D eigenvalue weighted by atomic mass is 35.5. The van der Waals surface area contributed by atoms with Crippen molar-refractivity contribution in [3.63, 3.8) is 0 Å². The Kier molecular flexibility index (Phi) is 6.61. The van der Waals surface area contributed by atoms with Crippen LogP contribution in [0.5, 0.6) is 0 Å². The zero-order valence-electron chi connectivity index (χ0n) is 13.3. The average Bonchev–Trinajstić information content (AvgIpc) is 2.60. The number of carbonyl (C=O) groups is 1. The molecule has 0 aliphatic heterocycles. The van der Waals surface area contributed by atoms with Crippen LogP contribution >= 0.6 is 11.6 Å². The predicted octanol–water partition coefficient (Wildman–Crippen LogP) is 2.97. The summed E-state index contributed by atoms with van der Waals surface area (Å²) in [6.07, 6.45) is -2.99. The van der Waals surface area contributed by atoms with Crippen LogP contribution in [-0.2, 0) is 11.3 Å². The topological polar surface area (TPSA) is 78.8 Å². The maximum atomic E-state index is 11.7. The van der Waals surface area contributed by atoms with Gasteiger partial charge in [0.1, 0.15) is 18.8 Å². The van der Waals surface area contributed by atoms with Crippen molar-refractivity contribution in [1.29, 1.82) is 0 Å². The molecule has 3 N–H and O–H groups in total. The number of ether oxygens (including phenoxy) is 1. The van der Waals surface area contributed by atoms with Gasteiger partial charge in [-0.3, -0.25) is 0 Å². The number of aryl methyl sites for hydroxylation is 1. The summed E-state index contributed by atoms with van der Waals surface area (Å²) in [7, 11) is 0. The molecular formula is C18H20ClNO4. The Balaban J connectivity index is 1.82. The van der Waals surface area contributed by atoms with Crippen molar-refractivity contribution in [2.24, 2.45) is 0 Å². The minimum atomic E-state index is -1.17. The van der Waals surface area contributed by atoms with Crippen molar-refractivity contribution in [1.82, 2.24) is 5.32 Å². The molecule has 0 saturated heterocycles. The van der Waals surface area contributed by atoms with E-state index in [1.807, 2.05) is 37.3 Å². The first kappa shape index (κ1) is 18.3. The zero-order valence-corrected chi connectivity index (χ0v) is 14.0. The summed E-state index contributed by atoms with van der Waals surface area (Å²) in [6.45, 7) is 1.81. The quantitative estimate of drug-likeness (QED) is 0.749. The van der Waals surface area contributed by atoms with Crippen LogP contribution in [0.3, 0.4) is 0 Å². The highest BCUT2D eigenvalue weighted by Gasteiger charge is 2.21. The normalized spacial score (nSPS) is 13.2. The molecule has 2 rings (SSSR count). The van der Waals surface area contributed by atoms with Crippen molar-refractivity contribution in [2.75, 3.05) is 6.54 Å². The highest BCUT2D eigenvalue weighted by Crippen LogP contribution is 2.24. The summed E-state index contributed by atoms with van der Waals surface area (Å²) in [5, 5.41) is 23.2. The number of hydrogen-bond acceptors (Lipinski definition) is 4. The first-order valence-electron chi connectivity index (χ1n) is 7.54. The van der Waals surface area contributed by atoms with Crippen LogP contribution in [0.1, 0.15) is 22.8 Å². The molecule has 0 aliphatic rings. The Hall–Kier alpha value is -2.08. The Bertz CT molecular complexity index is 678. The fourth-order valence-corrected chi connectivity index (χ4v) is 2.39. The molecule has 0 bridgehead atoms. The molecule has 2 aromatic rings. The van der Waals surface area contributed by atoms with Crippen LogP contribution < -0.4 is 5.32 Å². The smallest absolute Gasteiger partial charge is 0.407 e. The molecule has 2 aromatic carbocycles. The Morgan fingerprint density at radius 3 is 2.62 bits per heavy atom. The number of alkyl carbamates (subject to hydrolysis) is 1. The highest BCUT2D eigenvalue weighted by molar-refractivity contribution is 6.30. The van der Waals surface area contributed by atoms with Crippen molar-refractivity contribution in [3.05, 3.63) is 70.2 Å². The standard InChI is InChI=1S/C18H20ClNO4/c1-12-7-8-14(19)9-15(12)17(22)16(21)10-20-18(23)24-11-13-5-3-2-4-6-13/h2-9,16-17,21-22H,10-11H2,1H3,(H,20,23). The molecule has 6 heteroatoms. The SMILES string of the molecule is Cc1ccc(Cl)cc1C(O)C(O)CNC(=O)OCc1ccccc1. The van der Waals surface area contributed by atoms with E-state index in [4.69, 9.17) is 16.3 Å². The van der Waals surface area contributed by atoms with E-state index in [9.17, 15) is 15.0 Å². The summed E-state index contributed by atoms with van der Waals surface area (Å²) < 4.78 is 5.04. The second-order valence-electron chi connectivity index (χ2n) is 5.46. The number of carbonyl (C=O) groups excluding carboxylic acids is 1. The number of aliphatic hydroxyl groups excluding tert-OH is 2. The van der Waals surface area contributed by atoms with Gasteiger partial charge in [-0.25, -0.2) is 4.79 Å². The van der Waals surface area contributed by atoms with Gasteiger partial charge in [0, 0.05) is 11.6 Å². The van der Waals surface area contributed by atoms with Gasteiger partial charge in [0.25, 0.3) is 0 Å². The van der Waals surface area contributed by atoms with Crippen LogP contribution in [0.2, 0.25) is 5.02 Å². The molecule has 0 heterocycles. The van der Waals surface area contributed by atoms with Gasteiger partial charge in [0.05, 0.1) is 0 Å². The molecule has 0 fully saturated rings. The molecule has 2 unspecified atom stereocenters. The predicted molar refractivity (Wildman–Crippen MR) is 91.8 cm³/mol. The van der Waals surface area contributed by atoms with Crippen LogP contribution in [-0.4, -0.2) is 29.0 Å². The summed E-state index contributed by atoms with van der Waals surface area (Å²) in [4.78, 5) is 11.7. The minimum absolute atomic E-state index is 0.138. The van der Waals surface area contributed by atoms with Gasteiger partial charge < -0.3 is 20.3 Å². The maximum Gasteiger partial charge on any atom is 0.407 e. The lowest BCUT2D eigenvalue weighted by Gasteiger charge is -2.20. The third-order valence-corrected chi connectivity index (χ3v) is 3.83. The second kappa shape index (κ2) is 8.68. The minimum Gasteiger partial charge on any atom is -0.445 e. The Morgan fingerprint density at radius 2 is 1.92 bits per heavy atom. The zero-order chi connectivity index (χ0) is 17.5. The van der Waals surface area contributed by atoms with Gasteiger partial charge in [-0.1, -0.05) is 48.0 Å². The van der Waals surface area contributed by atoms with Crippen LogP contribution in [0.4, 0.5) is 4.79 Å². The molecule has 0 spiro atoms. The number of rotatable bonds is 6. The molecule has 128 valence electrons. The van der Waals surface area contributed by atoms with Crippen molar-refractivity contribution < 1.29 is 19.7 Å². The summed E-state index contributed by atoms with van der Waals surface area (Å²) in [5.74, 6) is 0. The van der Waals surface area contributed by atoms with E-state index >= 15 is 0 Å². The fraction of sp³-hybridized carbons (Fsp3) is 0.278. The third-order valence-electron chi connectivity index (χ3n) is 3.59. The summed E-state index contributed by atoms with van der Waals surface area (Å²) in [5.41, 5.74) is 2.19. The van der Waals surface area contributed by atoms with E-state index in [1.165, 1.54) is 0 Å². The summed E-state index contributed by atoms with van der Waals surface area (Å²) in [6, 6.07) is 14.3. The molecule has 0 aliphatic carbocycles. The van der Waals surface area contributed by atoms with Crippen molar-refractivity contribution >= 4 is 17.7 Å². The number of nitrogens with one attached hydrogen (secondary N) is 1. The molecule has 24 heavy (non-hydrogen) atoms. The van der Waals surface area contributed by atoms with Gasteiger partial charge in [0.2, 0.25) is 0 Å². The van der Waals surface area contributed by atoms with E-state index in [1.54, 1.807) is 18.2 Å². The average molecular weight is 350 g/mol. The van der Waals surface area contributed by atoms with Crippen molar-refractivity contribution in [2.45, 2.75) is 25.7 Å². The monoisotopic (exact) mass is 349 g/mol.